The molecule has 3 aromatic rings. The zero-order valence-corrected chi connectivity index (χ0v) is 12.4. The summed E-state index contributed by atoms with van der Waals surface area (Å²) < 4.78 is 0. The lowest BCUT2D eigenvalue weighted by atomic mass is 10.1. The topological polar surface area (TPSA) is 62.0 Å². The van der Waals surface area contributed by atoms with Gasteiger partial charge in [-0.1, -0.05) is 35.9 Å². The van der Waals surface area contributed by atoms with Gasteiger partial charge in [-0.05, 0) is 43.0 Å². The first-order chi connectivity index (χ1) is 10.5. The van der Waals surface area contributed by atoms with Gasteiger partial charge in [-0.15, -0.1) is 0 Å². The van der Waals surface area contributed by atoms with E-state index in [0.29, 0.717) is 5.39 Å². The van der Waals surface area contributed by atoms with E-state index >= 15 is 0 Å². The Morgan fingerprint density at radius 1 is 1.05 bits per heavy atom. The molecule has 0 spiro atoms. The molecule has 0 fully saturated rings. The zero-order chi connectivity index (χ0) is 15.7. The third-order valence-corrected chi connectivity index (χ3v) is 3.63. The highest BCUT2D eigenvalue weighted by Crippen LogP contribution is 2.17. The number of hydrogen-bond donors (Lipinski definition) is 2. The number of amides is 1. The highest BCUT2D eigenvalue weighted by Gasteiger charge is 2.10. The summed E-state index contributed by atoms with van der Waals surface area (Å²) in [7, 11) is 0. The highest BCUT2D eigenvalue weighted by atomic mass is 16.2. The van der Waals surface area contributed by atoms with Crippen LogP contribution in [0.3, 0.4) is 0 Å². The normalized spacial score (nSPS) is 10.6. The third kappa shape index (κ3) is 2.63. The van der Waals surface area contributed by atoms with Gasteiger partial charge in [0.15, 0.2) is 0 Å². The molecule has 0 aliphatic rings. The molecule has 0 unspecified atom stereocenters. The third-order valence-electron chi connectivity index (χ3n) is 3.63. The SMILES string of the molecule is Cc1ccc(NC(=O)c2cc3ccccc3c(=O)[nH]2)c(C)c1. The van der Waals surface area contributed by atoms with Crippen LogP contribution in [-0.4, -0.2) is 10.9 Å². The Bertz CT molecular complexity index is 926. The maximum atomic E-state index is 12.4. The van der Waals surface area contributed by atoms with Crippen molar-refractivity contribution in [2.24, 2.45) is 0 Å². The molecule has 0 aliphatic carbocycles. The first-order valence-corrected chi connectivity index (χ1v) is 7.05. The van der Waals surface area contributed by atoms with Crippen LogP contribution in [-0.2, 0) is 0 Å². The summed E-state index contributed by atoms with van der Waals surface area (Å²) in [4.78, 5) is 27.0. The van der Waals surface area contributed by atoms with Gasteiger partial charge in [0, 0.05) is 11.1 Å². The number of carbonyl (C=O) groups excluding carboxylic acids is 1. The number of aryl methyl sites for hydroxylation is 2. The molecule has 0 saturated heterocycles. The van der Waals surface area contributed by atoms with Crippen molar-refractivity contribution in [1.82, 2.24) is 4.98 Å². The molecule has 0 aliphatic heterocycles. The number of anilines is 1. The van der Waals surface area contributed by atoms with Crippen molar-refractivity contribution in [3.05, 3.63) is 75.7 Å². The van der Waals surface area contributed by atoms with E-state index in [1.807, 2.05) is 44.2 Å². The number of fused-ring (bicyclic) bond motifs is 1. The molecule has 4 nitrogen and oxygen atoms in total. The number of pyridine rings is 1. The summed E-state index contributed by atoms with van der Waals surface area (Å²) in [6.45, 7) is 3.94. The average molecular weight is 292 g/mol. The predicted octanol–water partition coefficient (Wildman–Crippen LogP) is 3.40. The van der Waals surface area contributed by atoms with Crippen molar-refractivity contribution in [3.8, 4) is 0 Å². The minimum atomic E-state index is -0.324. The molecule has 110 valence electrons. The predicted molar refractivity (Wildman–Crippen MR) is 88.4 cm³/mol. The Morgan fingerprint density at radius 3 is 2.59 bits per heavy atom. The fraction of sp³-hybridized carbons (Fsp3) is 0.111. The van der Waals surface area contributed by atoms with Crippen LogP contribution in [0.15, 0.2) is 53.3 Å². The fourth-order valence-corrected chi connectivity index (χ4v) is 2.48. The Morgan fingerprint density at radius 2 is 1.82 bits per heavy atom. The summed E-state index contributed by atoms with van der Waals surface area (Å²) in [5.74, 6) is -0.324. The van der Waals surface area contributed by atoms with Crippen LogP contribution in [0.2, 0.25) is 0 Å². The van der Waals surface area contributed by atoms with Crippen LogP contribution in [0.1, 0.15) is 21.6 Å². The Hall–Kier alpha value is -2.88. The smallest absolute Gasteiger partial charge is 0.272 e. The average Bonchev–Trinajstić information content (AvgIpc) is 2.50. The molecule has 1 aromatic heterocycles. The standard InChI is InChI=1S/C18H16N2O2/c1-11-7-8-15(12(2)9-11)19-18(22)16-10-13-5-3-4-6-14(13)17(21)20-16/h3-10H,1-2H3,(H,19,22)(H,20,21). The van der Waals surface area contributed by atoms with Gasteiger partial charge < -0.3 is 10.3 Å². The van der Waals surface area contributed by atoms with Gasteiger partial charge >= 0.3 is 0 Å². The summed E-state index contributed by atoms with van der Waals surface area (Å²) >= 11 is 0. The van der Waals surface area contributed by atoms with Gasteiger partial charge in [0.25, 0.3) is 11.5 Å². The first-order valence-electron chi connectivity index (χ1n) is 7.05. The van der Waals surface area contributed by atoms with Crippen LogP contribution in [0.5, 0.6) is 0 Å². The van der Waals surface area contributed by atoms with E-state index in [1.54, 1.807) is 18.2 Å². The largest absolute Gasteiger partial charge is 0.320 e. The van der Waals surface area contributed by atoms with Gasteiger partial charge in [0.2, 0.25) is 0 Å². The Balaban J connectivity index is 1.97. The minimum Gasteiger partial charge on any atom is -0.320 e. The molecular formula is C18H16N2O2. The lowest BCUT2D eigenvalue weighted by Crippen LogP contribution is -2.19. The molecule has 3 rings (SSSR count). The lowest BCUT2D eigenvalue weighted by Gasteiger charge is -2.09. The molecule has 0 radical (unpaired) electrons. The Labute approximate surface area is 127 Å². The van der Waals surface area contributed by atoms with E-state index in [1.165, 1.54) is 0 Å². The number of carbonyl (C=O) groups is 1. The number of nitrogens with one attached hydrogen (secondary N) is 2. The van der Waals surface area contributed by atoms with Gasteiger partial charge in [0.05, 0.1) is 0 Å². The lowest BCUT2D eigenvalue weighted by molar-refractivity contribution is 0.102. The molecular weight excluding hydrogens is 276 g/mol. The highest BCUT2D eigenvalue weighted by molar-refractivity contribution is 6.05. The monoisotopic (exact) mass is 292 g/mol. The maximum Gasteiger partial charge on any atom is 0.272 e. The summed E-state index contributed by atoms with van der Waals surface area (Å²) in [6, 6.07) is 14.7. The second-order valence-electron chi connectivity index (χ2n) is 5.37. The summed E-state index contributed by atoms with van der Waals surface area (Å²) in [5, 5.41) is 4.16. The van der Waals surface area contributed by atoms with Gasteiger partial charge in [-0.2, -0.15) is 0 Å². The van der Waals surface area contributed by atoms with Crippen molar-refractivity contribution in [2.75, 3.05) is 5.32 Å². The van der Waals surface area contributed by atoms with Crippen LogP contribution in [0, 0.1) is 13.8 Å². The van der Waals surface area contributed by atoms with E-state index in [9.17, 15) is 9.59 Å². The Kier molecular flexibility index (Phi) is 3.51. The van der Waals surface area contributed by atoms with E-state index in [2.05, 4.69) is 10.3 Å². The summed E-state index contributed by atoms with van der Waals surface area (Å²) in [5.41, 5.74) is 2.85. The van der Waals surface area contributed by atoms with Crippen molar-refractivity contribution in [2.45, 2.75) is 13.8 Å². The second kappa shape index (κ2) is 5.48. The van der Waals surface area contributed by atoms with E-state index in [-0.39, 0.29) is 17.2 Å². The van der Waals surface area contributed by atoms with E-state index in [0.717, 1.165) is 22.2 Å². The van der Waals surface area contributed by atoms with Gasteiger partial charge in [-0.3, -0.25) is 9.59 Å². The van der Waals surface area contributed by atoms with Crippen molar-refractivity contribution in [3.63, 3.8) is 0 Å². The van der Waals surface area contributed by atoms with Crippen molar-refractivity contribution in [1.29, 1.82) is 0 Å². The number of aromatic amines is 1. The fourth-order valence-electron chi connectivity index (χ4n) is 2.48. The zero-order valence-electron chi connectivity index (χ0n) is 12.4. The molecule has 0 saturated carbocycles. The number of H-pyrrole nitrogens is 1. The van der Waals surface area contributed by atoms with E-state index < -0.39 is 0 Å². The first kappa shape index (κ1) is 14.1. The number of rotatable bonds is 2. The molecule has 4 heteroatoms. The number of aromatic nitrogens is 1. The van der Waals surface area contributed by atoms with Gasteiger partial charge in [-0.25, -0.2) is 0 Å². The van der Waals surface area contributed by atoms with Crippen molar-refractivity contribution < 1.29 is 4.79 Å². The van der Waals surface area contributed by atoms with Crippen molar-refractivity contribution >= 4 is 22.4 Å². The second-order valence-corrected chi connectivity index (χ2v) is 5.37. The number of hydrogen-bond acceptors (Lipinski definition) is 2. The van der Waals surface area contributed by atoms with E-state index in [4.69, 9.17) is 0 Å². The minimum absolute atomic E-state index is 0.253. The molecule has 2 N–H and O–H groups in total. The number of benzene rings is 2. The maximum absolute atomic E-state index is 12.4. The summed E-state index contributed by atoms with van der Waals surface area (Å²) in [6.07, 6.45) is 0. The molecule has 2 aromatic carbocycles. The van der Waals surface area contributed by atoms with Crippen LogP contribution in [0.4, 0.5) is 5.69 Å². The van der Waals surface area contributed by atoms with Crippen LogP contribution < -0.4 is 10.9 Å². The molecule has 0 bridgehead atoms. The molecule has 1 heterocycles. The van der Waals surface area contributed by atoms with Crippen LogP contribution >= 0.6 is 0 Å². The molecule has 1 amide bonds. The van der Waals surface area contributed by atoms with Crippen LogP contribution in [0.25, 0.3) is 10.8 Å². The molecule has 22 heavy (non-hydrogen) atoms. The quantitative estimate of drug-likeness (QED) is 0.760. The molecule has 0 atom stereocenters. The van der Waals surface area contributed by atoms with Gasteiger partial charge in [0.1, 0.15) is 5.69 Å².